The highest BCUT2D eigenvalue weighted by atomic mass is 79.9. The minimum atomic E-state index is -0.302. The number of anilines is 1. The van der Waals surface area contributed by atoms with Gasteiger partial charge in [0.1, 0.15) is 18.2 Å². The number of methoxy groups -OCH3 is 2. The maximum atomic E-state index is 13.1. The average molecular weight is 560 g/mol. The van der Waals surface area contributed by atoms with E-state index in [1.807, 2.05) is 6.07 Å². The number of amides is 1. The van der Waals surface area contributed by atoms with Crippen LogP contribution in [0.4, 0.5) is 10.1 Å². The van der Waals surface area contributed by atoms with Crippen molar-refractivity contribution in [2.75, 3.05) is 19.1 Å². The van der Waals surface area contributed by atoms with Gasteiger partial charge in [-0.2, -0.15) is 0 Å². The van der Waals surface area contributed by atoms with E-state index in [0.29, 0.717) is 36.6 Å². The Morgan fingerprint density at radius 2 is 1.76 bits per heavy atom. The molecule has 0 bridgehead atoms. The number of ether oxygens (including phenoxy) is 3. The van der Waals surface area contributed by atoms with Crippen molar-refractivity contribution in [2.45, 2.75) is 6.61 Å². The first-order valence-electron chi connectivity index (χ1n) is 10.1. The number of thioether (sulfide) groups is 1. The second-order valence-electron chi connectivity index (χ2n) is 7.16. The molecule has 0 N–H and O–H groups in total. The number of carbonyl (C=O) groups excluding carboxylic acids is 1. The van der Waals surface area contributed by atoms with Gasteiger partial charge < -0.3 is 14.2 Å². The van der Waals surface area contributed by atoms with Crippen LogP contribution in [-0.2, 0) is 11.4 Å². The fourth-order valence-electron chi connectivity index (χ4n) is 3.27. The predicted molar refractivity (Wildman–Crippen MR) is 140 cm³/mol. The van der Waals surface area contributed by atoms with E-state index in [2.05, 4.69) is 15.9 Å². The first-order chi connectivity index (χ1) is 16.4. The van der Waals surface area contributed by atoms with Gasteiger partial charge in [-0.3, -0.25) is 9.69 Å². The van der Waals surface area contributed by atoms with E-state index in [4.69, 9.17) is 26.4 Å². The predicted octanol–water partition coefficient (Wildman–Crippen LogP) is 6.59. The smallest absolute Gasteiger partial charge is 0.270 e. The minimum absolute atomic E-state index is 0.202. The van der Waals surface area contributed by atoms with Gasteiger partial charge in [-0.25, -0.2) is 4.39 Å². The number of rotatable bonds is 7. The SMILES string of the molecule is COc1ccc(N2C(=O)/C(=C/c3cc(Br)c(OCc4ccc(F)cc4)c(OC)c3)SC2=S)cc1. The summed E-state index contributed by atoms with van der Waals surface area (Å²) in [6.07, 6.45) is 1.76. The van der Waals surface area contributed by atoms with Crippen molar-refractivity contribution >= 4 is 61.9 Å². The standard InChI is InChI=1S/C25H19BrFNO4S2/c1-30-19-9-7-18(8-10-19)28-24(29)22(34-25(28)33)13-16-11-20(26)23(21(12-16)31-2)32-14-15-3-5-17(27)6-4-15/h3-13H,14H2,1-2H3/b22-13-. The van der Waals surface area contributed by atoms with Crippen LogP contribution in [0.2, 0.25) is 0 Å². The van der Waals surface area contributed by atoms with E-state index in [9.17, 15) is 9.18 Å². The largest absolute Gasteiger partial charge is 0.497 e. The summed E-state index contributed by atoms with van der Waals surface area (Å²) >= 11 is 10.2. The molecule has 1 heterocycles. The fourth-order valence-corrected chi connectivity index (χ4v) is 5.15. The number of hydrogen-bond donors (Lipinski definition) is 0. The first kappa shape index (κ1) is 24.3. The third-order valence-electron chi connectivity index (χ3n) is 4.97. The summed E-state index contributed by atoms with van der Waals surface area (Å²) in [6.45, 7) is 0.245. The normalized spacial score (nSPS) is 14.6. The Kier molecular flexibility index (Phi) is 7.55. The van der Waals surface area contributed by atoms with Crippen LogP contribution >= 0.6 is 39.9 Å². The number of nitrogens with zero attached hydrogens (tertiary/aromatic N) is 1. The molecule has 3 aromatic carbocycles. The molecule has 0 saturated carbocycles. The van der Waals surface area contributed by atoms with E-state index in [1.54, 1.807) is 62.8 Å². The summed E-state index contributed by atoms with van der Waals surface area (Å²) in [7, 11) is 3.13. The highest BCUT2D eigenvalue weighted by Gasteiger charge is 2.33. The van der Waals surface area contributed by atoms with E-state index in [-0.39, 0.29) is 18.3 Å². The van der Waals surface area contributed by atoms with Crippen molar-refractivity contribution < 1.29 is 23.4 Å². The number of hydrogen-bond acceptors (Lipinski definition) is 6. The molecule has 174 valence electrons. The Hall–Kier alpha value is -2.88. The molecule has 34 heavy (non-hydrogen) atoms. The van der Waals surface area contributed by atoms with E-state index in [0.717, 1.165) is 11.1 Å². The lowest BCUT2D eigenvalue weighted by Gasteiger charge is -2.15. The number of halogens is 2. The Balaban J connectivity index is 1.56. The molecule has 0 aliphatic carbocycles. The lowest BCUT2D eigenvalue weighted by atomic mass is 10.1. The van der Waals surface area contributed by atoms with Gasteiger partial charge in [0.05, 0.1) is 29.3 Å². The van der Waals surface area contributed by atoms with Gasteiger partial charge in [-0.15, -0.1) is 0 Å². The van der Waals surface area contributed by atoms with Crippen molar-refractivity contribution in [1.29, 1.82) is 0 Å². The molecule has 0 atom stereocenters. The van der Waals surface area contributed by atoms with Crippen molar-refractivity contribution in [3.05, 3.63) is 87.0 Å². The lowest BCUT2D eigenvalue weighted by Crippen LogP contribution is -2.27. The molecule has 1 aliphatic rings. The van der Waals surface area contributed by atoms with Crippen LogP contribution in [0.3, 0.4) is 0 Å². The second kappa shape index (κ2) is 10.6. The lowest BCUT2D eigenvalue weighted by molar-refractivity contribution is -0.113. The molecule has 9 heteroatoms. The highest BCUT2D eigenvalue weighted by Crippen LogP contribution is 2.40. The van der Waals surface area contributed by atoms with Crippen LogP contribution in [0.5, 0.6) is 17.2 Å². The third-order valence-corrected chi connectivity index (χ3v) is 6.86. The third kappa shape index (κ3) is 5.27. The van der Waals surface area contributed by atoms with Crippen LogP contribution in [0.15, 0.2) is 70.0 Å². The first-order valence-corrected chi connectivity index (χ1v) is 12.1. The van der Waals surface area contributed by atoms with Crippen LogP contribution in [0.1, 0.15) is 11.1 Å². The van der Waals surface area contributed by atoms with Crippen LogP contribution in [0.25, 0.3) is 6.08 Å². The van der Waals surface area contributed by atoms with E-state index < -0.39 is 0 Å². The molecular weight excluding hydrogens is 541 g/mol. The van der Waals surface area contributed by atoms with Crippen molar-refractivity contribution in [1.82, 2.24) is 0 Å². The van der Waals surface area contributed by atoms with Gasteiger partial charge in [-0.05, 0) is 81.7 Å². The molecule has 0 radical (unpaired) electrons. The molecule has 5 nitrogen and oxygen atoms in total. The molecule has 1 saturated heterocycles. The second-order valence-corrected chi connectivity index (χ2v) is 9.69. The summed E-state index contributed by atoms with van der Waals surface area (Å²) in [4.78, 5) is 15.1. The zero-order valence-electron chi connectivity index (χ0n) is 18.2. The zero-order valence-corrected chi connectivity index (χ0v) is 21.4. The van der Waals surface area contributed by atoms with Gasteiger partial charge in [0.15, 0.2) is 15.8 Å². The maximum Gasteiger partial charge on any atom is 0.270 e. The van der Waals surface area contributed by atoms with E-state index in [1.165, 1.54) is 28.8 Å². The number of thiocarbonyl (C=S) groups is 1. The number of benzene rings is 3. The van der Waals surface area contributed by atoms with Crippen molar-refractivity contribution in [2.24, 2.45) is 0 Å². The Morgan fingerprint density at radius 3 is 2.41 bits per heavy atom. The molecule has 0 unspecified atom stereocenters. The Labute approximate surface area is 214 Å². The minimum Gasteiger partial charge on any atom is -0.497 e. The zero-order chi connectivity index (χ0) is 24.2. The van der Waals surface area contributed by atoms with Crippen molar-refractivity contribution in [3.63, 3.8) is 0 Å². The van der Waals surface area contributed by atoms with Crippen LogP contribution in [0, 0.1) is 5.82 Å². The summed E-state index contributed by atoms with van der Waals surface area (Å²) < 4.78 is 30.9. The fraction of sp³-hybridized carbons (Fsp3) is 0.120. The van der Waals surface area contributed by atoms with Gasteiger partial charge in [-0.1, -0.05) is 36.1 Å². The molecule has 3 aromatic rings. The topological polar surface area (TPSA) is 48.0 Å². The van der Waals surface area contributed by atoms with Crippen LogP contribution in [-0.4, -0.2) is 24.4 Å². The Bertz CT molecular complexity index is 1260. The molecule has 1 amide bonds. The van der Waals surface area contributed by atoms with Gasteiger partial charge in [0.2, 0.25) is 0 Å². The summed E-state index contributed by atoms with van der Waals surface area (Å²) in [6, 6.07) is 16.9. The van der Waals surface area contributed by atoms with Gasteiger partial charge in [0, 0.05) is 0 Å². The summed E-state index contributed by atoms with van der Waals surface area (Å²) in [5.41, 5.74) is 2.24. The van der Waals surface area contributed by atoms with Gasteiger partial charge >= 0.3 is 0 Å². The summed E-state index contributed by atoms with van der Waals surface area (Å²) in [5.74, 6) is 1.20. The molecule has 0 spiro atoms. The molecular formula is C25H19BrFNO4S2. The highest BCUT2D eigenvalue weighted by molar-refractivity contribution is 9.10. The Morgan fingerprint density at radius 1 is 1.06 bits per heavy atom. The van der Waals surface area contributed by atoms with Crippen molar-refractivity contribution in [3.8, 4) is 17.2 Å². The average Bonchev–Trinajstić information content (AvgIpc) is 3.11. The number of carbonyl (C=O) groups is 1. The monoisotopic (exact) mass is 559 g/mol. The van der Waals surface area contributed by atoms with E-state index >= 15 is 0 Å². The molecule has 1 fully saturated rings. The van der Waals surface area contributed by atoms with Crippen LogP contribution < -0.4 is 19.1 Å². The molecule has 0 aromatic heterocycles. The van der Waals surface area contributed by atoms with Gasteiger partial charge in [0.25, 0.3) is 5.91 Å². The maximum absolute atomic E-state index is 13.1. The molecule has 1 aliphatic heterocycles. The molecule has 4 rings (SSSR count). The summed E-state index contributed by atoms with van der Waals surface area (Å²) in [5, 5.41) is 0. The quantitative estimate of drug-likeness (QED) is 0.240.